The number of fused-ring (bicyclic) bond motifs is 1. The van der Waals surface area contributed by atoms with Gasteiger partial charge in [-0.15, -0.1) is 0 Å². The monoisotopic (exact) mass is 727 g/mol. The van der Waals surface area contributed by atoms with Crippen LogP contribution in [-0.4, -0.2) is 134 Å². The summed E-state index contributed by atoms with van der Waals surface area (Å²) in [6.45, 7) is -2.16. The average Bonchev–Trinajstić information content (AvgIpc) is 3.78. The summed E-state index contributed by atoms with van der Waals surface area (Å²) in [5.74, 6) is 0.443. The van der Waals surface area contributed by atoms with E-state index < -0.39 is 71.0 Å². The summed E-state index contributed by atoms with van der Waals surface area (Å²) < 4.78 is 64.7. The minimum atomic E-state index is -4.30. The molecule has 0 radical (unpaired) electrons. The Morgan fingerprint density at radius 1 is 0.979 bits per heavy atom. The lowest BCUT2D eigenvalue weighted by atomic mass is 10.1. The van der Waals surface area contributed by atoms with Gasteiger partial charge in [-0.25, -0.2) is 14.6 Å². The van der Waals surface area contributed by atoms with Crippen LogP contribution >= 0.6 is 19.2 Å². The Hall–Kier alpha value is -2.91. The number of hydrogen-bond acceptors (Lipinski definition) is 19. The molecule has 270 valence electrons. The predicted octanol–water partition coefficient (Wildman–Crippen LogP) is 2.17. The molecule has 1 aliphatic heterocycles. The molecular weight excluding hydrogens is 689 g/mol. The maximum atomic E-state index is 13.3. The number of ether oxygens (including phenoxy) is 8. The lowest BCUT2D eigenvalue weighted by Crippen LogP contribution is -2.34. The topological polar surface area (TPSA) is 240 Å². The van der Waals surface area contributed by atoms with Gasteiger partial charge >= 0.3 is 19.9 Å². The maximum Gasteiger partial charge on any atom is 0.510 e. The van der Waals surface area contributed by atoms with Gasteiger partial charge in [0.1, 0.15) is 37.9 Å². The summed E-state index contributed by atoms with van der Waals surface area (Å²) >= 11 is 6.21. The highest BCUT2D eigenvalue weighted by atomic mass is 35.5. The first-order valence-corrected chi connectivity index (χ1v) is 17.0. The molecule has 22 heteroatoms. The minimum Gasteiger partial charge on any atom is -0.432 e. The number of methoxy groups -OCH3 is 2. The zero-order chi connectivity index (χ0) is 34.5. The summed E-state index contributed by atoms with van der Waals surface area (Å²) in [6, 6.07) is 0.215. The fraction of sp³-hybridized carbons (Fsp3) is 0.731. The molecule has 0 unspecified atom stereocenters. The van der Waals surface area contributed by atoms with E-state index in [4.69, 9.17) is 58.5 Å². The molecule has 1 saturated heterocycles. The number of anilines is 1. The highest BCUT2D eigenvalue weighted by Crippen LogP contribution is 2.48. The molecule has 20 nitrogen and oxygen atoms in total. The van der Waals surface area contributed by atoms with Crippen LogP contribution in [0.4, 0.5) is 15.4 Å². The Labute approximate surface area is 279 Å². The van der Waals surface area contributed by atoms with Crippen molar-refractivity contribution < 1.29 is 71.3 Å². The molecule has 0 bridgehead atoms. The van der Waals surface area contributed by atoms with Gasteiger partial charge in [0.15, 0.2) is 23.2 Å². The van der Waals surface area contributed by atoms with Gasteiger partial charge in [0.2, 0.25) is 18.9 Å². The van der Waals surface area contributed by atoms with Gasteiger partial charge in [0, 0.05) is 20.3 Å². The molecule has 0 amide bonds. The van der Waals surface area contributed by atoms with Crippen molar-refractivity contribution >= 4 is 48.5 Å². The number of aromatic nitrogens is 4. The third-order valence-corrected chi connectivity index (χ3v) is 8.77. The van der Waals surface area contributed by atoms with E-state index in [0.717, 1.165) is 25.7 Å². The first-order valence-electron chi connectivity index (χ1n) is 14.8. The first kappa shape index (κ1) is 37.9. The number of hydrogen-bond donors (Lipinski definition) is 3. The third kappa shape index (κ3) is 10.8. The molecular formula is C26H39ClN5O15P. The van der Waals surface area contributed by atoms with Crippen molar-refractivity contribution in [2.45, 2.75) is 56.3 Å². The third-order valence-electron chi connectivity index (χ3n) is 7.10. The minimum absolute atomic E-state index is 0.0483. The molecule has 1 aliphatic carbocycles. The number of carbonyl (C=O) groups is 2. The summed E-state index contributed by atoms with van der Waals surface area (Å²) in [5.41, 5.74) is 0.669. The van der Waals surface area contributed by atoms with E-state index in [9.17, 15) is 24.4 Å². The van der Waals surface area contributed by atoms with Crippen molar-refractivity contribution in [2.75, 3.05) is 72.5 Å². The second-order valence-electron chi connectivity index (χ2n) is 10.4. The van der Waals surface area contributed by atoms with E-state index in [1.807, 2.05) is 0 Å². The number of aliphatic hydroxyl groups excluding tert-OH is 2. The number of nitrogens with zero attached hydrogens (tertiary/aromatic N) is 4. The highest BCUT2D eigenvalue weighted by Gasteiger charge is 2.45. The van der Waals surface area contributed by atoms with E-state index in [-0.39, 0.29) is 43.4 Å². The van der Waals surface area contributed by atoms with Gasteiger partial charge < -0.3 is 53.4 Å². The SMILES string of the molecule is COCCOC(=O)OCOP(=O)(COC[C@H]1O[C@@H](n2cnc3c(NC4CCCC4)nc(Cl)nc32)[C@H](O)[C@@H]1O)OCOC(=O)OCCOC. The molecule has 4 rings (SSSR count). The molecule has 48 heavy (non-hydrogen) atoms. The molecule has 0 spiro atoms. The number of rotatable bonds is 19. The summed E-state index contributed by atoms with van der Waals surface area (Å²) in [5, 5.41) is 24.9. The molecule has 3 N–H and O–H groups in total. The second kappa shape index (κ2) is 18.7. The van der Waals surface area contributed by atoms with E-state index in [1.54, 1.807) is 0 Å². The van der Waals surface area contributed by atoms with Crippen LogP contribution < -0.4 is 5.32 Å². The fourth-order valence-electron chi connectivity index (χ4n) is 4.74. The van der Waals surface area contributed by atoms with Crippen molar-refractivity contribution in [1.29, 1.82) is 0 Å². The first-order chi connectivity index (χ1) is 23.1. The molecule has 4 atom stereocenters. The van der Waals surface area contributed by atoms with Gasteiger partial charge in [-0.3, -0.25) is 18.2 Å². The van der Waals surface area contributed by atoms with Crippen LogP contribution in [0.2, 0.25) is 5.28 Å². The maximum absolute atomic E-state index is 13.3. The van der Waals surface area contributed by atoms with E-state index in [0.29, 0.717) is 11.3 Å². The molecule has 2 aromatic rings. The van der Waals surface area contributed by atoms with Gasteiger partial charge in [-0.1, -0.05) is 12.8 Å². The Morgan fingerprint density at radius 3 is 2.21 bits per heavy atom. The normalized spacial score (nSPS) is 21.4. The van der Waals surface area contributed by atoms with E-state index in [2.05, 4.69) is 20.3 Å². The van der Waals surface area contributed by atoms with Gasteiger partial charge in [-0.05, 0) is 24.4 Å². The smallest absolute Gasteiger partial charge is 0.432 e. The predicted molar refractivity (Wildman–Crippen MR) is 161 cm³/mol. The van der Waals surface area contributed by atoms with Crippen molar-refractivity contribution in [2.24, 2.45) is 0 Å². The summed E-state index contributed by atoms with van der Waals surface area (Å²) in [7, 11) is -1.48. The Bertz CT molecular complexity index is 1350. The zero-order valence-electron chi connectivity index (χ0n) is 26.3. The summed E-state index contributed by atoms with van der Waals surface area (Å²) in [6.07, 6.45) is -2.72. The number of aliphatic hydroxyl groups is 2. The van der Waals surface area contributed by atoms with Gasteiger partial charge in [0.05, 0.1) is 26.1 Å². The van der Waals surface area contributed by atoms with Crippen molar-refractivity contribution in [3.63, 3.8) is 0 Å². The van der Waals surface area contributed by atoms with Gasteiger partial charge in [-0.2, -0.15) is 9.97 Å². The average molecular weight is 728 g/mol. The lowest BCUT2D eigenvalue weighted by molar-refractivity contribution is -0.0650. The van der Waals surface area contributed by atoms with Crippen LogP contribution in [0.3, 0.4) is 0 Å². The molecule has 1 saturated carbocycles. The van der Waals surface area contributed by atoms with Crippen LogP contribution in [-0.2, 0) is 51.5 Å². The Morgan fingerprint density at radius 2 is 1.60 bits per heavy atom. The van der Waals surface area contributed by atoms with Crippen molar-refractivity contribution in [3.05, 3.63) is 11.6 Å². The summed E-state index contributed by atoms with van der Waals surface area (Å²) in [4.78, 5) is 36.3. The van der Waals surface area contributed by atoms with Crippen LogP contribution in [0, 0.1) is 0 Å². The standard InChI is InChI=1S/C26H39ClN5O15P/c1-38-7-9-41-25(35)43-13-45-48(37,46-14-44-26(36)42-10-8-39-2)15-40-11-17-19(33)20(34)23(47-17)32-12-28-18-21(29-16-5-3-4-6-16)30-24(27)31-22(18)32/h12,16-17,19-20,23,33-34H,3-11,13-15H2,1-2H3,(H,29,30,31)/t17-,19-,20-,23-/m1/s1. The van der Waals surface area contributed by atoms with Crippen molar-refractivity contribution in [3.8, 4) is 0 Å². The number of halogens is 1. The van der Waals surface area contributed by atoms with Crippen LogP contribution in [0.1, 0.15) is 31.9 Å². The quantitative estimate of drug-likeness (QED) is 0.0617. The Balaban J connectivity index is 1.35. The Kier molecular flexibility index (Phi) is 14.8. The lowest BCUT2D eigenvalue weighted by Gasteiger charge is -2.20. The molecule has 3 heterocycles. The zero-order valence-corrected chi connectivity index (χ0v) is 27.9. The van der Waals surface area contributed by atoms with Crippen LogP contribution in [0.5, 0.6) is 0 Å². The molecule has 2 fully saturated rings. The molecule has 0 aromatic carbocycles. The van der Waals surface area contributed by atoms with Crippen LogP contribution in [0.15, 0.2) is 6.33 Å². The molecule has 2 aromatic heterocycles. The largest absolute Gasteiger partial charge is 0.510 e. The van der Waals surface area contributed by atoms with Crippen molar-refractivity contribution in [1.82, 2.24) is 19.5 Å². The fourth-order valence-corrected chi connectivity index (χ4v) is 5.88. The van der Waals surface area contributed by atoms with Crippen LogP contribution in [0.25, 0.3) is 11.2 Å². The van der Waals surface area contributed by atoms with E-state index >= 15 is 0 Å². The number of carbonyl (C=O) groups excluding carboxylic acids is 2. The number of nitrogens with one attached hydrogen (secondary N) is 1. The highest BCUT2D eigenvalue weighted by molar-refractivity contribution is 7.53. The van der Waals surface area contributed by atoms with E-state index in [1.165, 1.54) is 25.1 Å². The second-order valence-corrected chi connectivity index (χ2v) is 12.7. The number of imidazole rings is 1. The van der Waals surface area contributed by atoms with Gasteiger partial charge in [0.25, 0.3) is 0 Å². The molecule has 2 aliphatic rings.